The third-order valence-electron chi connectivity index (χ3n) is 2.70. The largest absolute Gasteiger partial charge is 0.480 e. The summed E-state index contributed by atoms with van der Waals surface area (Å²) in [5.74, 6) is -0.873. The van der Waals surface area contributed by atoms with Crippen LogP contribution in [0.25, 0.3) is 0 Å². The van der Waals surface area contributed by atoms with E-state index in [1.165, 1.54) is 11.8 Å². The van der Waals surface area contributed by atoms with E-state index >= 15 is 0 Å². The first-order valence-electron chi connectivity index (χ1n) is 6.90. The first-order valence-corrected chi connectivity index (χ1v) is 7.95. The molecule has 0 bridgehead atoms. The molecule has 0 aliphatic carbocycles. The van der Waals surface area contributed by atoms with Gasteiger partial charge in [-0.05, 0) is 11.7 Å². The lowest BCUT2D eigenvalue weighted by Crippen LogP contribution is -2.42. The summed E-state index contributed by atoms with van der Waals surface area (Å²) in [7, 11) is 0. The number of ketones is 1. The lowest BCUT2D eigenvalue weighted by atomic mass is 10.0. The molecule has 0 fully saturated rings. The summed E-state index contributed by atoms with van der Waals surface area (Å²) in [5.41, 5.74) is 0. The van der Waals surface area contributed by atoms with Crippen LogP contribution in [0, 0.1) is 5.92 Å². The normalized spacial score (nSPS) is 12.5. The zero-order valence-corrected chi connectivity index (χ0v) is 13.5. The van der Waals surface area contributed by atoms with Gasteiger partial charge in [-0.1, -0.05) is 27.7 Å². The first-order chi connectivity index (χ1) is 9.23. The van der Waals surface area contributed by atoms with Crippen LogP contribution in [0.4, 0.5) is 0 Å². The minimum Gasteiger partial charge on any atom is -0.480 e. The van der Waals surface area contributed by atoms with E-state index in [1.54, 1.807) is 0 Å². The molecule has 0 aromatic heterocycles. The summed E-state index contributed by atoms with van der Waals surface area (Å²) < 4.78 is 0. The van der Waals surface area contributed by atoms with Gasteiger partial charge < -0.3 is 10.4 Å². The van der Waals surface area contributed by atoms with Crippen LogP contribution in [0.5, 0.6) is 0 Å². The minimum absolute atomic E-state index is 0.0210. The molecule has 0 saturated heterocycles. The van der Waals surface area contributed by atoms with Crippen LogP contribution in [-0.2, 0) is 14.4 Å². The van der Waals surface area contributed by atoms with Crippen molar-refractivity contribution in [2.45, 2.75) is 58.2 Å². The lowest BCUT2D eigenvalue weighted by molar-refractivity contribution is -0.141. The smallest absolute Gasteiger partial charge is 0.327 e. The maximum atomic E-state index is 11.7. The second kappa shape index (κ2) is 9.80. The van der Waals surface area contributed by atoms with Crippen molar-refractivity contribution in [2.24, 2.45) is 5.92 Å². The van der Waals surface area contributed by atoms with Crippen LogP contribution in [0.2, 0.25) is 0 Å². The van der Waals surface area contributed by atoms with Gasteiger partial charge in [-0.2, -0.15) is 11.8 Å². The predicted octanol–water partition coefficient (Wildman–Crippen LogP) is 2.09. The number of carboxylic acids is 1. The highest BCUT2D eigenvalue weighted by Crippen LogP contribution is 2.11. The number of nitrogens with one attached hydrogen (secondary N) is 1. The maximum absolute atomic E-state index is 11.7. The number of amides is 1. The van der Waals surface area contributed by atoms with E-state index in [0.29, 0.717) is 23.8 Å². The Morgan fingerprint density at radius 3 is 2.15 bits per heavy atom. The van der Waals surface area contributed by atoms with Gasteiger partial charge in [-0.3, -0.25) is 9.59 Å². The topological polar surface area (TPSA) is 83.5 Å². The molecule has 2 N–H and O–H groups in total. The van der Waals surface area contributed by atoms with E-state index in [1.807, 2.05) is 27.7 Å². The van der Waals surface area contributed by atoms with Crippen molar-refractivity contribution in [3.05, 3.63) is 0 Å². The average Bonchev–Trinajstić information content (AvgIpc) is 2.33. The lowest BCUT2D eigenvalue weighted by Gasteiger charge is -2.15. The molecule has 20 heavy (non-hydrogen) atoms. The summed E-state index contributed by atoms with van der Waals surface area (Å²) in [6, 6.07) is -0.865. The Bertz CT molecular complexity index is 342. The van der Waals surface area contributed by atoms with Crippen LogP contribution < -0.4 is 5.32 Å². The summed E-state index contributed by atoms with van der Waals surface area (Å²) in [6.45, 7) is 7.60. The number of Topliss-reactive ketones (excluding diaryl/α,β-unsaturated/α-hetero) is 1. The van der Waals surface area contributed by atoms with Gasteiger partial charge in [0.1, 0.15) is 11.8 Å². The molecule has 1 atom stereocenters. The molecule has 1 unspecified atom stereocenters. The van der Waals surface area contributed by atoms with Crippen molar-refractivity contribution < 1.29 is 19.5 Å². The molecule has 0 aliphatic heterocycles. The molecular weight excluding hydrogens is 278 g/mol. The van der Waals surface area contributed by atoms with Crippen molar-refractivity contribution >= 4 is 29.4 Å². The summed E-state index contributed by atoms with van der Waals surface area (Å²) in [4.78, 5) is 34.1. The van der Waals surface area contributed by atoms with Gasteiger partial charge in [-0.25, -0.2) is 4.79 Å². The molecule has 1 amide bonds. The molecule has 5 nitrogen and oxygen atoms in total. The summed E-state index contributed by atoms with van der Waals surface area (Å²) >= 11 is 1.49. The fraction of sp³-hybridized carbons (Fsp3) is 0.786. The van der Waals surface area contributed by atoms with Gasteiger partial charge in [0.25, 0.3) is 0 Å². The maximum Gasteiger partial charge on any atom is 0.327 e. The third-order valence-corrected chi connectivity index (χ3v) is 3.89. The van der Waals surface area contributed by atoms with Gasteiger partial charge in [0.05, 0.1) is 0 Å². The molecule has 116 valence electrons. The van der Waals surface area contributed by atoms with Gasteiger partial charge in [-0.15, -0.1) is 0 Å². The number of rotatable bonds is 10. The van der Waals surface area contributed by atoms with Crippen LogP contribution in [-0.4, -0.2) is 39.8 Å². The Kier molecular flexibility index (Phi) is 9.29. The van der Waals surface area contributed by atoms with Crippen molar-refractivity contribution in [3.63, 3.8) is 0 Å². The van der Waals surface area contributed by atoms with Crippen LogP contribution in [0.3, 0.4) is 0 Å². The molecule has 0 saturated carbocycles. The average molecular weight is 303 g/mol. The molecular formula is C14H25NO4S. The number of aliphatic carboxylic acids is 1. The van der Waals surface area contributed by atoms with Gasteiger partial charge in [0.15, 0.2) is 0 Å². The van der Waals surface area contributed by atoms with Gasteiger partial charge in [0, 0.05) is 24.5 Å². The fourth-order valence-corrected chi connectivity index (χ4v) is 2.24. The van der Waals surface area contributed by atoms with Crippen molar-refractivity contribution in [1.82, 2.24) is 5.32 Å². The molecule has 0 aliphatic rings. The Morgan fingerprint density at radius 1 is 1.10 bits per heavy atom. The zero-order valence-electron chi connectivity index (χ0n) is 12.6. The molecule has 6 heteroatoms. The molecule has 0 heterocycles. The number of carbonyl (C=O) groups is 3. The fourth-order valence-electron chi connectivity index (χ4n) is 1.44. The standard InChI is InChI=1S/C14H25NO4S/c1-9(2)12(16)6-5-7-13(17)15-11(14(18)19)8-20-10(3)4/h9-11H,5-8H2,1-4H3,(H,15,17)(H,18,19). The minimum atomic E-state index is -1.02. The number of carbonyl (C=O) groups excluding carboxylic acids is 2. The van der Waals surface area contributed by atoms with Gasteiger partial charge in [0.2, 0.25) is 5.91 Å². The predicted molar refractivity (Wildman–Crippen MR) is 80.9 cm³/mol. The highest BCUT2D eigenvalue weighted by Gasteiger charge is 2.20. The number of thioether (sulfide) groups is 1. The van der Waals surface area contributed by atoms with Crippen LogP contribution in [0.15, 0.2) is 0 Å². The van der Waals surface area contributed by atoms with E-state index < -0.39 is 12.0 Å². The Labute approximate surface area is 124 Å². The molecule has 0 aromatic carbocycles. The second-order valence-corrected chi connectivity index (χ2v) is 6.92. The summed E-state index contributed by atoms with van der Waals surface area (Å²) in [6.07, 6.45) is 1.02. The quantitative estimate of drug-likeness (QED) is 0.645. The number of carboxylic acid groups (broad SMARTS) is 1. The Morgan fingerprint density at radius 2 is 1.70 bits per heavy atom. The highest BCUT2D eigenvalue weighted by molar-refractivity contribution is 7.99. The second-order valence-electron chi connectivity index (χ2n) is 5.31. The van der Waals surface area contributed by atoms with Crippen molar-refractivity contribution in [1.29, 1.82) is 0 Å². The van der Waals surface area contributed by atoms with Crippen LogP contribution in [0.1, 0.15) is 47.0 Å². The summed E-state index contributed by atoms with van der Waals surface area (Å²) in [5, 5.41) is 11.9. The van der Waals surface area contributed by atoms with E-state index in [9.17, 15) is 14.4 Å². The first kappa shape index (κ1) is 19.0. The Balaban J connectivity index is 4.07. The number of hydrogen-bond donors (Lipinski definition) is 2. The Hall–Kier alpha value is -1.04. The molecule has 0 aromatic rings. The highest BCUT2D eigenvalue weighted by atomic mass is 32.2. The molecule has 0 radical (unpaired) electrons. The van der Waals surface area contributed by atoms with Crippen LogP contribution >= 0.6 is 11.8 Å². The van der Waals surface area contributed by atoms with E-state index in [-0.39, 0.29) is 24.0 Å². The van der Waals surface area contributed by atoms with E-state index in [4.69, 9.17) is 5.11 Å². The zero-order chi connectivity index (χ0) is 15.7. The van der Waals surface area contributed by atoms with Crippen molar-refractivity contribution in [3.8, 4) is 0 Å². The number of hydrogen-bond acceptors (Lipinski definition) is 4. The molecule has 0 rings (SSSR count). The van der Waals surface area contributed by atoms with Gasteiger partial charge >= 0.3 is 5.97 Å². The van der Waals surface area contributed by atoms with Crippen molar-refractivity contribution in [2.75, 3.05) is 5.75 Å². The monoisotopic (exact) mass is 303 g/mol. The third kappa shape index (κ3) is 8.96. The van der Waals surface area contributed by atoms with E-state index in [2.05, 4.69) is 5.32 Å². The SMILES string of the molecule is CC(C)SCC(NC(=O)CCCC(=O)C(C)C)C(=O)O. The molecule has 0 spiro atoms. The van der Waals surface area contributed by atoms with E-state index in [0.717, 1.165) is 0 Å².